The van der Waals surface area contributed by atoms with E-state index in [0.717, 1.165) is 5.56 Å². The van der Waals surface area contributed by atoms with E-state index in [9.17, 15) is 14.4 Å². The molecule has 0 bridgehead atoms. The number of hydrogen-bond donors (Lipinski definition) is 0. The number of amides is 2. The van der Waals surface area contributed by atoms with E-state index < -0.39 is 11.9 Å². The monoisotopic (exact) mass is 323 g/mol. The van der Waals surface area contributed by atoms with Crippen molar-refractivity contribution in [1.82, 2.24) is 4.90 Å². The summed E-state index contributed by atoms with van der Waals surface area (Å²) >= 11 is 0. The van der Waals surface area contributed by atoms with Crippen LogP contribution in [0, 0.1) is 0 Å². The predicted octanol–water partition coefficient (Wildman–Crippen LogP) is 3.05. The van der Waals surface area contributed by atoms with Crippen LogP contribution >= 0.6 is 0 Å². The zero-order valence-corrected chi connectivity index (χ0v) is 13.5. The van der Waals surface area contributed by atoms with Gasteiger partial charge in [0.25, 0.3) is 11.8 Å². The molecule has 0 spiro atoms. The van der Waals surface area contributed by atoms with Gasteiger partial charge in [-0.1, -0.05) is 30.3 Å². The summed E-state index contributed by atoms with van der Waals surface area (Å²) in [5.41, 5.74) is 1.70. The van der Waals surface area contributed by atoms with Crippen LogP contribution in [0.25, 0.3) is 0 Å². The molecule has 0 radical (unpaired) electrons. The lowest BCUT2D eigenvalue weighted by atomic mass is 10.1. The van der Waals surface area contributed by atoms with Crippen LogP contribution in [0.1, 0.15) is 50.5 Å². The summed E-state index contributed by atoms with van der Waals surface area (Å²) in [6.07, 6.45) is -0.252. The van der Waals surface area contributed by atoms with Gasteiger partial charge in [0.15, 0.2) is 0 Å². The van der Waals surface area contributed by atoms with Gasteiger partial charge in [0, 0.05) is 0 Å². The van der Waals surface area contributed by atoms with Gasteiger partial charge in [0.05, 0.1) is 29.3 Å². The minimum absolute atomic E-state index is 0.207. The summed E-state index contributed by atoms with van der Waals surface area (Å²) in [4.78, 5) is 38.2. The fourth-order valence-corrected chi connectivity index (χ4v) is 2.61. The predicted molar refractivity (Wildman–Crippen MR) is 87.6 cm³/mol. The number of esters is 1. The van der Waals surface area contributed by atoms with Crippen molar-refractivity contribution in [3.8, 4) is 0 Å². The summed E-state index contributed by atoms with van der Waals surface area (Å²) in [5.74, 6) is -1.24. The van der Waals surface area contributed by atoms with Gasteiger partial charge < -0.3 is 4.74 Å². The first-order chi connectivity index (χ1) is 11.5. The number of nitrogens with zero attached hydrogens (tertiary/aromatic N) is 1. The topological polar surface area (TPSA) is 63.7 Å². The molecular formula is C19H17NO4. The third kappa shape index (κ3) is 2.93. The largest absolute Gasteiger partial charge is 0.459 e. The average molecular weight is 323 g/mol. The molecule has 1 aliphatic rings. The Bertz CT molecular complexity index is 811. The van der Waals surface area contributed by atoms with Crippen molar-refractivity contribution < 1.29 is 19.1 Å². The number of fused-ring (bicyclic) bond motifs is 1. The third-order valence-corrected chi connectivity index (χ3v) is 3.73. The minimum atomic E-state index is -0.505. The molecule has 0 saturated carbocycles. The van der Waals surface area contributed by atoms with E-state index in [0.29, 0.717) is 5.56 Å². The maximum Gasteiger partial charge on any atom is 0.338 e. The Hall–Kier alpha value is -2.95. The highest BCUT2D eigenvalue weighted by molar-refractivity contribution is 6.21. The van der Waals surface area contributed by atoms with Crippen molar-refractivity contribution in [3.05, 3.63) is 70.8 Å². The lowest BCUT2D eigenvalue weighted by molar-refractivity contribution is 0.0377. The number of carbonyl (C=O) groups is 3. The highest BCUT2D eigenvalue weighted by atomic mass is 16.5. The number of benzene rings is 2. The van der Waals surface area contributed by atoms with Crippen molar-refractivity contribution >= 4 is 17.8 Å². The van der Waals surface area contributed by atoms with E-state index in [1.807, 2.05) is 30.3 Å². The Kier molecular flexibility index (Phi) is 4.16. The minimum Gasteiger partial charge on any atom is -0.459 e. The fourth-order valence-electron chi connectivity index (χ4n) is 2.61. The Balaban J connectivity index is 1.87. The van der Waals surface area contributed by atoms with Crippen LogP contribution in [0.5, 0.6) is 0 Å². The molecule has 5 heteroatoms. The van der Waals surface area contributed by atoms with Gasteiger partial charge in [0.1, 0.15) is 0 Å². The van der Waals surface area contributed by atoms with Gasteiger partial charge >= 0.3 is 5.97 Å². The standard InChI is InChI=1S/C19H17NO4/c1-12(2)24-19(23)14-8-9-15-16(10-14)18(22)20(17(15)21)11-13-6-4-3-5-7-13/h3-10,12H,11H2,1-2H3. The summed E-state index contributed by atoms with van der Waals surface area (Å²) in [7, 11) is 0. The zero-order chi connectivity index (χ0) is 17.3. The van der Waals surface area contributed by atoms with Crippen molar-refractivity contribution in [2.75, 3.05) is 0 Å². The summed E-state index contributed by atoms with van der Waals surface area (Å²) in [6, 6.07) is 13.8. The van der Waals surface area contributed by atoms with Crippen LogP contribution in [0.15, 0.2) is 48.5 Å². The second kappa shape index (κ2) is 6.28. The quantitative estimate of drug-likeness (QED) is 0.641. The van der Waals surface area contributed by atoms with Crippen LogP contribution in [-0.4, -0.2) is 28.8 Å². The van der Waals surface area contributed by atoms with Crippen molar-refractivity contribution in [1.29, 1.82) is 0 Å². The van der Waals surface area contributed by atoms with Crippen LogP contribution in [0.4, 0.5) is 0 Å². The second-order valence-electron chi connectivity index (χ2n) is 5.90. The number of carbonyl (C=O) groups excluding carboxylic acids is 3. The van der Waals surface area contributed by atoms with Crippen LogP contribution < -0.4 is 0 Å². The Morgan fingerprint density at radius 3 is 2.33 bits per heavy atom. The number of hydrogen-bond acceptors (Lipinski definition) is 4. The number of ether oxygens (including phenoxy) is 1. The highest BCUT2D eigenvalue weighted by Crippen LogP contribution is 2.26. The van der Waals surface area contributed by atoms with E-state index in [2.05, 4.69) is 0 Å². The molecule has 0 unspecified atom stereocenters. The Morgan fingerprint density at radius 1 is 1.00 bits per heavy atom. The summed E-state index contributed by atoms with van der Waals surface area (Å²) < 4.78 is 5.13. The second-order valence-corrected chi connectivity index (χ2v) is 5.90. The first-order valence-electron chi connectivity index (χ1n) is 7.72. The van der Waals surface area contributed by atoms with Gasteiger partial charge in [-0.15, -0.1) is 0 Å². The molecule has 2 aromatic rings. The third-order valence-electron chi connectivity index (χ3n) is 3.73. The molecule has 122 valence electrons. The summed E-state index contributed by atoms with van der Waals surface area (Å²) in [6.45, 7) is 3.71. The van der Waals surface area contributed by atoms with E-state index >= 15 is 0 Å². The van der Waals surface area contributed by atoms with E-state index in [-0.39, 0.29) is 29.7 Å². The molecule has 0 atom stereocenters. The van der Waals surface area contributed by atoms with Gasteiger partial charge in [-0.2, -0.15) is 0 Å². The molecule has 2 amide bonds. The Labute approximate surface area is 139 Å². The first-order valence-corrected chi connectivity index (χ1v) is 7.72. The normalized spacial score (nSPS) is 13.4. The van der Waals surface area contributed by atoms with Crippen LogP contribution in [-0.2, 0) is 11.3 Å². The van der Waals surface area contributed by atoms with E-state index in [1.54, 1.807) is 13.8 Å². The molecule has 1 aliphatic heterocycles. The molecule has 3 rings (SSSR count). The Morgan fingerprint density at radius 2 is 1.67 bits per heavy atom. The zero-order valence-electron chi connectivity index (χ0n) is 13.5. The van der Waals surface area contributed by atoms with Crippen molar-refractivity contribution in [2.24, 2.45) is 0 Å². The molecule has 0 aliphatic carbocycles. The maximum atomic E-state index is 12.6. The molecule has 0 N–H and O–H groups in total. The molecule has 5 nitrogen and oxygen atoms in total. The first kappa shape index (κ1) is 15.9. The summed E-state index contributed by atoms with van der Waals surface area (Å²) in [5, 5.41) is 0. The molecule has 2 aromatic carbocycles. The average Bonchev–Trinajstić information content (AvgIpc) is 2.80. The lowest BCUT2D eigenvalue weighted by Gasteiger charge is -2.13. The van der Waals surface area contributed by atoms with Crippen LogP contribution in [0.3, 0.4) is 0 Å². The molecular weight excluding hydrogens is 306 g/mol. The van der Waals surface area contributed by atoms with E-state index in [4.69, 9.17) is 4.74 Å². The van der Waals surface area contributed by atoms with Gasteiger partial charge in [-0.05, 0) is 37.6 Å². The van der Waals surface area contributed by atoms with Gasteiger partial charge in [0.2, 0.25) is 0 Å². The van der Waals surface area contributed by atoms with Crippen molar-refractivity contribution in [3.63, 3.8) is 0 Å². The van der Waals surface area contributed by atoms with Crippen LogP contribution in [0.2, 0.25) is 0 Å². The highest BCUT2D eigenvalue weighted by Gasteiger charge is 2.36. The lowest BCUT2D eigenvalue weighted by Crippen LogP contribution is -2.29. The van der Waals surface area contributed by atoms with Gasteiger partial charge in [-0.25, -0.2) is 4.79 Å². The molecule has 0 fully saturated rings. The van der Waals surface area contributed by atoms with Gasteiger partial charge in [-0.3, -0.25) is 14.5 Å². The molecule has 0 aromatic heterocycles. The smallest absolute Gasteiger partial charge is 0.338 e. The van der Waals surface area contributed by atoms with Crippen molar-refractivity contribution in [2.45, 2.75) is 26.5 Å². The fraction of sp³-hybridized carbons (Fsp3) is 0.211. The molecule has 24 heavy (non-hydrogen) atoms. The maximum absolute atomic E-state index is 12.6. The van der Waals surface area contributed by atoms with E-state index in [1.165, 1.54) is 23.1 Å². The SMILES string of the molecule is CC(C)OC(=O)c1ccc2c(c1)C(=O)N(Cc1ccccc1)C2=O. The molecule has 1 heterocycles. The number of imide groups is 1. The number of rotatable bonds is 4. The molecule has 0 saturated heterocycles.